The van der Waals surface area contributed by atoms with Gasteiger partial charge in [-0.15, -0.1) is 0 Å². The van der Waals surface area contributed by atoms with Gasteiger partial charge < -0.3 is 5.32 Å². The number of unbranched alkanes of at least 4 members (excludes halogenated alkanes) is 2. The van der Waals surface area contributed by atoms with Crippen LogP contribution < -0.4 is 5.32 Å². The van der Waals surface area contributed by atoms with Crippen LogP contribution in [-0.4, -0.2) is 11.9 Å². The lowest BCUT2D eigenvalue weighted by molar-refractivity contribution is -0.128. The van der Waals surface area contributed by atoms with E-state index in [0.29, 0.717) is 0 Å². The average Bonchev–Trinajstić information content (AvgIpc) is 2.79. The zero-order chi connectivity index (χ0) is 12.7. The van der Waals surface area contributed by atoms with Crippen molar-refractivity contribution in [3.8, 4) is 6.07 Å². The topological polar surface area (TPSA) is 52.9 Å². The van der Waals surface area contributed by atoms with Gasteiger partial charge in [-0.1, -0.05) is 39.0 Å². The number of amides is 1. The number of hydrogen-bond acceptors (Lipinski definition) is 2. The van der Waals surface area contributed by atoms with E-state index < -0.39 is 5.41 Å². The molecule has 1 amide bonds. The highest BCUT2D eigenvalue weighted by molar-refractivity contribution is 5.85. The van der Waals surface area contributed by atoms with Gasteiger partial charge >= 0.3 is 0 Å². The van der Waals surface area contributed by atoms with Crippen LogP contribution in [0.3, 0.4) is 0 Å². The SMILES string of the molecule is CCCCCC(C)NC(=O)C1(C#N)CCCC1. The molecule has 0 aromatic carbocycles. The molecule has 1 fully saturated rings. The molecule has 1 aliphatic rings. The second-order valence-corrected chi connectivity index (χ2v) is 5.27. The van der Waals surface area contributed by atoms with Gasteiger partial charge in [0.1, 0.15) is 5.41 Å². The monoisotopic (exact) mass is 236 g/mol. The maximum Gasteiger partial charge on any atom is 0.240 e. The number of nitrogens with one attached hydrogen (secondary N) is 1. The molecule has 1 N–H and O–H groups in total. The van der Waals surface area contributed by atoms with Crippen molar-refractivity contribution in [2.75, 3.05) is 0 Å². The summed E-state index contributed by atoms with van der Waals surface area (Å²) in [6, 6.07) is 2.43. The first kappa shape index (κ1) is 14.0. The Morgan fingerprint density at radius 3 is 2.59 bits per heavy atom. The summed E-state index contributed by atoms with van der Waals surface area (Å²) in [7, 11) is 0. The Kier molecular flexibility index (Phi) is 5.47. The molecule has 1 unspecified atom stereocenters. The van der Waals surface area contributed by atoms with E-state index in [1.54, 1.807) is 0 Å². The normalized spacial score (nSPS) is 19.6. The van der Waals surface area contributed by atoms with Gasteiger partial charge in [0, 0.05) is 6.04 Å². The number of carbonyl (C=O) groups is 1. The largest absolute Gasteiger partial charge is 0.352 e. The summed E-state index contributed by atoms with van der Waals surface area (Å²) in [4.78, 5) is 12.1. The second kappa shape index (κ2) is 6.64. The first-order chi connectivity index (χ1) is 8.14. The van der Waals surface area contributed by atoms with Crippen molar-refractivity contribution >= 4 is 5.91 Å². The Labute approximate surface area is 105 Å². The van der Waals surface area contributed by atoms with Gasteiger partial charge in [0.25, 0.3) is 0 Å². The molecular formula is C14H24N2O. The summed E-state index contributed by atoms with van der Waals surface area (Å²) < 4.78 is 0. The smallest absolute Gasteiger partial charge is 0.240 e. The molecule has 0 aromatic rings. The van der Waals surface area contributed by atoms with E-state index in [1.165, 1.54) is 12.8 Å². The average molecular weight is 236 g/mol. The minimum atomic E-state index is -0.723. The maximum absolute atomic E-state index is 12.1. The van der Waals surface area contributed by atoms with Gasteiger partial charge in [-0.05, 0) is 26.2 Å². The van der Waals surface area contributed by atoms with Crippen LogP contribution in [0.25, 0.3) is 0 Å². The molecule has 0 spiro atoms. The van der Waals surface area contributed by atoms with Crippen LogP contribution in [0.1, 0.15) is 65.2 Å². The van der Waals surface area contributed by atoms with Crippen LogP contribution in [0.5, 0.6) is 0 Å². The van der Waals surface area contributed by atoms with Crippen molar-refractivity contribution < 1.29 is 4.79 Å². The third-order valence-electron chi connectivity index (χ3n) is 3.72. The van der Waals surface area contributed by atoms with Gasteiger partial charge in [-0.25, -0.2) is 0 Å². The van der Waals surface area contributed by atoms with Crippen LogP contribution in [0.2, 0.25) is 0 Å². The van der Waals surface area contributed by atoms with Crippen molar-refractivity contribution in [3.05, 3.63) is 0 Å². The fourth-order valence-corrected chi connectivity index (χ4v) is 2.50. The van der Waals surface area contributed by atoms with E-state index >= 15 is 0 Å². The molecule has 1 saturated carbocycles. The van der Waals surface area contributed by atoms with Crippen molar-refractivity contribution in [1.29, 1.82) is 5.26 Å². The molecular weight excluding hydrogens is 212 g/mol. The lowest BCUT2D eigenvalue weighted by Gasteiger charge is -2.22. The van der Waals surface area contributed by atoms with Crippen molar-refractivity contribution in [3.63, 3.8) is 0 Å². The highest BCUT2D eigenvalue weighted by atomic mass is 16.2. The number of carbonyl (C=O) groups excluding carboxylic acids is 1. The molecule has 0 aliphatic heterocycles. The molecule has 3 heteroatoms. The van der Waals surface area contributed by atoms with Crippen LogP contribution >= 0.6 is 0 Å². The van der Waals surface area contributed by atoms with Gasteiger partial charge in [-0.2, -0.15) is 5.26 Å². The molecule has 1 aliphatic carbocycles. The van der Waals surface area contributed by atoms with E-state index in [-0.39, 0.29) is 11.9 Å². The number of nitrogens with zero attached hydrogens (tertiary/aromatic N) is 1. The Bertz CT molecular complexity index is 287. The zero-order valence-electron chi connectivity index (χ0n) is 11.1. The highest BCUT2D eigenvalue weighted by Crippen LogP contribution is 2.37. The lowest BCUT2D eigenvalue weighted by atomic mass is 9.86. The molecule has 1 rings (SSSR count). The Morgan fingerprint density at radius 1 is 1.41 bits per heavy atom. The maximum atomic E-state index is 12.1. The first-order valence-electron chi connectivity index (χ1n) is 6.87. The molecule has 0 saturated heterocycles. The fraction of sp³-hybridized carbons (Fsp3) is 0.857. The van der Waals surface area contributed by atoms with Gasteiger partial charge in [0.2, 0.25) is 5.91 Å². The van der Waals surface area contributed by atoms with Crippen LogP contribution in [-0.2, 0) is 4.79 Å². The Hall–Kier alpha value is -1.04. The van der Waals surface area contributed by atoms with Crippen LogP contribution in [0.4, 0.5) is 0 Å². The summed E-state index contributed by atoms with van der Waals surface area (Å²) >= 11 is 0. The van der Waals surface area contributed by atoms with E-state index in [0.717, 1.165) is 38.5 Å². The summed E-state index contributed by atoms with van der Waals surface area (Å²) in [6.07, 6.45) is 8.05. The predicted octanol–water partition coefficient (Wildman–Crippen LogP) is 3.16. The summed E-state index contributed by atoms with van der Waals surface area (Å²) in [5.74, 6) is -0.0403. The minimum Gasteiger partial charge on any atom is -0.352 e. The van der Waals surface area contributed by atoms with Gasteiger partial charge in [0.05, 0.1) is 6.07 Å². The number of nitriles is 1. The van der Waals surface area contributed by atoms with E-state index in [9.17, 15) is 10.1 Å². The Morgan fingerprint density at radius 2 is 2.06 bits per heavy atom. The third kappa shape index (κ3) is 3.73. The lowest BCUT2D eigenvalue weighted by Crippen LogP contribution is -2.42. The standard InChI is InChI=1S/C14H24N2O/c1-3-4-5-8-12(2)16-13(17)14(11-15)9-6-7-10-14/h12H,3-10H2,1-2H3,(H,16,17). The van der Waals surface area contributed by atoms with Gasteiger partial charge in [0.15, 0.2) is 0 Å². The van der Waals surface area contributed by atoms with Crippen molar-refractivity contribution in [2.45, 2.75) is 71.3 Å². The summed E-state index contributed by atoms with van der Waals surface area (Å²) in [5, 5.41) is 12.2. The predicted molar refractivity (Wildman–Crippen MR) is 68.3 cm³/mol. The first-order valence-corrected chi connectivity index (χ1v) is 6.87. The third-order valence-corrected chi connectivity index (χ3v) is 3.72. The van der Waals surface area contributed by atoms with Crippen molar-refractivity contribution in [1.82, 2.24) is 5.32 Å². The zero-order valence-corrected chi connectivity index (χ0v) is 11.1. The number of hydrogen-bond donors (Lipinski definition) is 1. The summed E-state index contributed by atoms with van der Waals surface area (Å²) in [5.41, 5.74) is -0.723. The second-order valence-electron chi connectivity index (χ2n) is 5.27. The molecule has 1 atom stereocenters. The van der Waals surface area contributed by atoms with E-state index in [4.69, 9.17) is 0 Å². The Balaban J connectivity index is 2.40. The minimum absolute atomic E-state index is 0.0403. The quantitative estimate of drug-likeness (QED) is 0.720. The highest BCUT2D eigenvalue weighted by Gasteiger charge is 2.41. The molecule has 0 bridgehead atoms. The molecule has 0 radical (unpaired) electrons. The molecule has 0 heterocycles. The molecule has 3 nitrogen and oxygen atoms in total. The molecule has 0 aromatic heterocycles. The van der Waals surface area contributed by atoms with Crippen LogP contribution in [0, 0.1) is 16.7 Å². The van der Waals surface area contributed by atoms with Gasteiger partial charge in [-0.3, -0.25) is 4.79 Å². The fourth-order valence-electron chi connectivity index (χ4n) is 2.50. The van der Waals surface area contributed by atoms with Crippen molar-refractivity contribution in [2.24, 2.45) is 5.41 Å². The molecule has 96 valence electrons. The number of rotatable bonds is 6. The molecule has 17 heavy (non-hydrogen) atoms. The summed E-state index contributed by atoms with van der Waals surface area (Å²) in [6.45, 7) is 4.21. The van der Waals surface area contributed by atoms with E-state index in [2.05, 4.69) is 18.3 Å². The van der Waals surface area contributed by atoms with E-state index in [1.807, 2.05) is 6.92 Å². The van der Waals surface area contributed by atoms with Crippen LogP contribution in [0.15, 0.2) is 0 Å².